The molecule has 0 saturated carbocycles. The maximum atomic E-state index is 12.9. The van der Waals surface area contributed by atoms with Gasteiger partial charge in [-0.25, -0.2) is 0 Å². The molecule has 3 atom stereocenters. The largest absolute Gasteiger partial charge is 0.756 e. The lowest BCUT2D eigenvalue weighted by Crippen LogP contribution is -2.46. The highest BCUT2D eigenvalue weighted by Gasteiger charge is 2.24. The number of nitrogens with one attached hydrogen (secondary N) is 1. The Kier molecular flexibility index (Phi) is 41.6. The zero-order valence-electron chi connectivity index (χ0n) is 39.7. The number of amides is 1. The number of rotatable bonds is 46. The van der Waals surface area contributed by atoms with E-state index >= 15 is 0 Å². The molecule has 0 heterocycles. The van der Waals surface area contributed by atoms with Crippen molar-refractivity contribution in [3.63, 3.8) is 0 Å². The molecule has 3 unspecified atom stereocenters. The van der Waals surface area contributed by atoms with Crippen molar-refractivity contribution in [1.82, 2.24) is 5.32 Å². The predicted molar refractivity (Wildman–Crippen MR) is 252 cm³/mol. The fourth-order valence-electron chi connectivity index (χ4n) is 7.44. The molecule has 0 spiro atoms. The SMILES string of the molecule is CCCCC/C=C\C=C/CCCCCCCCCCCCC(=O)NC(COP(=O)([O-])OCC[N+](C)(C)C)C(O)CCCCCCCCCCCCCCCCCCCC. The van der Waals surface area contributed by atoms with Gasteiger partial charge in [-0.1, -0.05) is 218 Å². The van der Waals surface area contributed by atoms with Crippen LogP contribution in [-0.4, -0.2) is 68.5 Å². The highest BCUT2D eigenvalue weighted by molar-refractivity contribution is 7.45. The molecule has 0 rings (SSSR count). The summed E-state index contributed by atoms with van der Waals surface area (Å²) in [5.74, 6) is -0.167. The molecule has 0 aliphatic carbocycles. The van der Waals surface area contributed by atoms with Crippen molar-refractivity contribution in [3.05, 3.63) is 24.3 Å². The summed E-state index contributed by atoms with van der Waals surface area (Å²) >= 11 is 0. The highest BCUT2D eigenvalue weighted by atomic mass is 31.2. The molecule has 0 radical (unpaired) electrons. The molecule has 0 aromatic rings. The molecule has 1 amide bonds. The van der Waals surface area contributed by atoms with Gasteiger partial charge < -0.3 is 28.8 Å². The molecule has 0 saturated heterocycles. The number of nitrogens with zero attached hydrogens (tertiary/aromatic N) is 1. The van der Waals surface area contributed by atoms with Crippen LogP contribution in [0.25, 0.3) is 0 Å². The Hall–Kier alpha value is -1.02. The number of unbranched alkanes of at least 4 members (excludes halogenated alkanes) is 30. The Balaban J connectivity index is 4.27. The van der Waals surface area contributed by atoms with E-state index in [0.717, 1.165) is 38.5 Å². The molecule has 0 aromatic carbocycles. The van der Waals surface area contributed by atoms with Crippen molar-refractivity contribution in [2.75, 3.05) is 40.9 Å². The molecule has 0 aliphatic heterocycles. The van der Waals surface area contributed by atoms with Crippen molar-refractivity contribution in [3.8, 4) is 0 Å². The number of likely N-dealkylation sites (N-methyl/N-ethyl adjacent to an activating group) is 1. The van der Waals surface area contributed by atoms with E-state index in [2.05, 4.69) is 43.5 Å². The monoisotopic (exact) mass is 855 g/mol. The van der Waals surface area contributed by atoms with Gasteiger partial charge in [-0.3, -0.25) is 9.36 Å². The number of phosphoric ester groups is 1. The van der Waals surface area contributed by atoms with Crippen LogP contribution in [0.3, 0.4) is 0 Å². The van der Waals surface area contributed by atoms with E-state index < -0.39 is 20.0 Å². The fourth-order valence-corrected chi connectivity index (χ4v) is 8.17. The Morgan fingerprint density at radius 2 is 0.966 bits per heavy atom. The number of aliphatic hydroxyl groups is 1. The first-order valence-electron chi connectivity index (χ1n) is 25.2. The lowest BCUT2D eigenvalue weighted by Gasteiger charge is -2.30. The lowest BCUT2D eigenvalue weighted by atomic mass is 10.0. The number of hydrogen-bond donors (Lipinski definition) is 2. The first-order chi connectivity index (χ1) is 28.5. The molecule has 2 N–H and O–H groups in total. The molecular formula is C50H99N2O6P. The lowest BCUT2D eigenvalue weighted by molar-refractivity contribution is -0.870. The Labute approximate surface area is 366 Å². The van der Waals surface area contributed by atoms with Gasteiger partial charge in [0.25, 0.3) is 7.82 Å². The summed E-state index contributed by atoms with van der Waals surface area (Å²) in [4.78, 5) is 25.4. The van der Waals surface area contributed by atoms with E-state index in [0.29, 0.717) is 23.9 Å². The molecular weight excluding hydrogens is 756 g/mol. The number of phosphoric acid groups is 1. The van der Waals surface area contributed by atoms with Crippen LogP contribution in [0.15, 0.2) is 24.3 Å². The second kappa shape index (κ2) is 42.3. The van der Waals surface area contributed by atoms with Crippen molar-refractivity contribution in [1.29, 1.82) is 0 Å². The number of aliphatic hydroxyl groups excluding tert-OH is 1. The smallest absolute Gasteiger partial charge is 0.268 e. The van der Waals surface area contributed by atoms with E-state index in [1.165, 1.54) is 173 Å². The third kappa shape index (κ3) is 44.8. The summed E-state index contributed by atoms with van der Waals surface area (Å²) in [6.07, 6.45) is 50.3. The quantitative estimate of drug-likeness (QED) is 0.0273. The standard InChI is InChI=1S/C50H99N2O6P/c1-6-8-10-12-14-16-18-20-22-24-26-28-30-32-34-36-38-40-42-44-50(54)51-48(47-58-59(55,56)57-46-45-52(3,4)5)49(53)43-41-39-37-35-33-31-29-27-25-23-21-19-17-15-13-11-9-7-2/h14,16,18,20,48-49,53H,6-13,15,17,19,21-47H2,1-5H3,(H-,51,54,55,56)/b16-14-,20-18-. The van der Waals surface area contributed by atoms with E-state index in [-0.39, 0.29) is 19.1 Å². The predicted octanol–water partition coefficient (Wildman–Crippen LogP) is 13.8. The van der Waals surface area contributed by atoms with Crippen LogP contribution in [0.4, 0.5) is 0 Å². The Bertz CT molecular complexity index is 1020. The average molecular weight is 855 g/mol. The summed E-state index contributed by atoms with van der Waals surface area (Å²) in [6.45, 7) is 4.71. The molecule has 0 aromatic heterocycles. The highest BCUT2D eigenvalue weighted by Crippen LogP contribution is 2.38. The Morgan fingerprint density at radius 3 is 1.41 bits per heavy atom. The van der Waals surface area contributed by atoms with Gasteiger partial charge in [0.15, 0.2) is 0 Å². The third-order valence-electron chi connectivity index (χ3n) is 11.5. The zero-order valence-corrected chi connectivity index (χ0v) is 40.6. The second-order valence-corrected chi connectivity index (χ2v) is 20.0. The summed E-state index contributed by atoms with van der Waals surface area (Å²) in [6, 6.07) is -0.800. The maximum absolute atomic E-state index is 12.9. The third-order valence-corrected chi connectivity index (χ3v) is 12.4. The van der Waals surface area contributed by atoms with Gasteiger partial charge in [0.1, 0.15) is 13.2 Å². The van der Waals surface area contributed by atoms with Gasteiger partial charge in [-0.05, 0) is 38.5 Å². The van der Waals surface area contributed by atoms with Gasteiger partial charge in [-0.2, -0.15) is 0 Å². The average Bonchev–Trinajstić information content (AvgIpc) is 3.19. The summed E-state index contributed by atoms with van der Waals surface area (Å²) in [5.41, 5.74) is 0. The van der Waals surface area contributed by atoms with Crippen LogP contribution in [0.2, 0.25) is 0 Å². The second-order valence-electron chi connectivity index (χ2n) is 18.6. The molecule has 0 bridgehead atoms. The van der Waals surface area contributed by atoms with Gasteiger partial charge in [-0.15, -0.1) is 0 Å². The number of quaternary nitrogens is 1. The van der Waals surface area contributed by atoms with Gasteiger partial charge in [0.2, 0.25) is 5.91 Å². The van der Waals surface area contributed by atoms with Crippen LogP contribution in [0, 0.1) is 0 Å². The van der Waals surface area contributed by atoms with Gasteiger partial charge in [0, 0.05) is 6.42 Å². The van der Waals surface area contributed by atoms with Crippen molar-refractivity contribution in [2.24, 2.45) is 0 Å². The minimum absolute atomic E-state index is 0.0125. The molecule has 59 heavy (non-hydrogen) atoms. The Morgan fingerprint density at radius 1 is 0.593 bits per heavy atom. The molecule has 0 aliphatic rings. The summed E-state index contributed by atoms with van der Waals surface area (Å²) in [5, 5.41) is 14.0. The molecule has 0 fully saturated rings. The van der Waals surface area contributed by atoms with Gasteiger partial charge >= 0.3 is 0 Å². The maximum Gasteiger partial charge on any atom is 0.268 e. The molecule has 9 heteroatoms. The van der Waals surface area contributed by atoms with E-state index in [1.54, 1.807) is 0 Å². The minimum atomic E-state index is -4.57. The van der Waals surface area contributed by atoms with Crippen LogP contribution in [-0.2, 0) is 18.4 Å². The normalized spacial score (nSPS) is 14.4. The topological polar surface area (TPSA) is 108 Å². The van der Waals surface area contributed by atoms with Crippen molar-refractivity contribution < 1.29 is 32.9 Å². The zero-order chi connectivity index (χ0) is 43.6. The van der Waals surface area contributed by atoms with Crippen LogP contribution in [0.1, 0.15) is 239 Å². The first kappa shape index (κ1) is 58.0. The first-order valence-corrected chi connectivity index (χ1v) is 26.7. The van der Waals surface area contributed by atoms with Crippen molar-refractivity contribution >= 4 is 13.7 Å². The summed E-state index contributed by atoms with van der Waals surface area (Å²) in [7, 11) is 1.31. The number of hydrogen-bond acceptors (Lipinski definition) is 6. The van der Waals surface area contributed by atoms with E-state index in [1.807, 2.05) is 21.1 Å². The summed E-state index contributed by atoms with van der Waals surface area (Å²) < 4.78 is 23.3. The number of carbonyl (C=O) groups excluding carboxylic acids is 1. The molecule has 8 nitrogen and oxygen atoms in total. The van der Waals surface area contributed by atoms with Crippen molar-refractivity contribution in [2.45, 2.75) is 251 Å². The van der Waals surface area contributed by atoms with Crippen LogP contribution < -0.4 is 10.2 Å². The van der Waals surface area contributed by atoms with Crippen LogP contribution >= 0.6 is 7.82 Å². The molecule has 350 valence electrons. The fraction of sp³-hybridized carbons (Fsp3) is 0.900. The van der Waals surface area contributed by atoms with Gasteiger partial charge in [0.05, 0.1) is 39.9 Å². The van der Waals surface area contributed by atoms with Crippen LogP contribution in [0.5, 0.6) is 0 Å². The van der Waals surface area contributed by atoms with E-state index in [9.17, 15) is 19.4 Å². The number of carbonyl (C=O) groups is 1. The van der Waals surface area contributed by atoms with E-state index in [4.69, 9.17) is 9.05 Å². The minimum Gasteiger partial charge on any atom is -0.756 e. The number of allylic oxidation sites excluding steroid dienone is 4.